The second kappa shape index (κ2) is 7.48. The van der Waals surface area contributed by atoms with Crippen molar-refractivity contribution in [1.29, 1.82) is 0 Å². The van der Waals surface area contributed by atoms with E-state index in [1.807, 2.05) is 29.8 Å². The molecule has 3 N–H and O–H groups in total. The molecule has 0 radical (unpaired) electrons. The molecular weight excluding hydrogens is 393 g/mol. The minimum absolute atomic E-state index is 0. The van der Waals surface area contributed by atoms with E-state index in [0.29, 0.717) is 19.1 Å². The molecule has 2 aromatic rings. The standard InChI is InChI=1S/C15H19N5O.HI/c1-20-10-17-8-11(20)9-18-15(16)19-13-6-7-21-14-5-3-2-4-12(13)14;/h2-5,8,10,13H,6-7,9H2,1H3,(H3,16,18,19);1H. The van der Waals surface area contributed by atoms with E-state index in [1.165, 1.54) is 0 Å². The van der Waals surface area contributed by atoms with E-state index in [0.717, 1.165) is 23.4 Å². The summed E-state index contributed by atoms with van der Waals surface area (Å²) in [5, 5.41) is 3.28. The summed E-state index contributed by atoms with van der Waals surface area (Å²) < 4.78 is 7.57. The van der Waals surface area contributed by atoms with Gasteiger partial charge >= 0.3 is 0 Å². The van der Waals surface area contributed by atoms with Gasteiger partial charge < -0.3 is 20.4 Å². The lowest BCUT2D eigenvalue weighted by Crippen LogP contribution is -2.37. The molecule has 1 aromatic heterocycles. The first-order chi connectivity index (χ1) is 10.2. The Balaban J connectivity index is 0.00000176. The predicted molar refractivity (Wildman–Crippen MR) is 96.4 cm³/mol. The molecule has 2 heterocycles. The molecule has 0 fully saturated rings. The van der Waals surface area contributed by atoms with Crippen molar-refractivity contribution >= 4 is 29.9 Å². The number of nitrogens with two attached hydrogens (primary N) is 1. The number of aryl methyl sites for hydroxylation is 1. The Morgan fingerprint density at radius 2 is 2.32 bits per heavy atom. The zero-order valence-electron chi connectivity index (χ0n) is 12.4. The highest BCUT2D eigenvalue weighted by Gasteiger charge is 2.21. The van der Waals surface area contributed by atoms with Gasteiger partial charge in [0.2, 0.25) is 0 Å². The number of halogens is 1. The molecule has 1 aliphatic rings. The fourth-order valence-electron chi connectivity index (χ4n) is 2.42. The van der Waals surface area contributed by atoms with Crippen LogP contribution in [0.5, 0.6) is 5.75 Å². The molecule has 0 aliphatic carbocycles. The van der Waals surface area contributed by atoms with Crippen molar-refractivity contribution in [2.75, 3.05) is 6.61 Å². The van der Waals surface area contributed by atoms with Crippen LogP contribution in [0.4, 0.5) is 0 Å². The molecule has 3 rings (SSSR count). The van der Waals surface area contributed by atoms with Crippen LogP contribution in [-0.4, -0.2) is 22.1 Å². The molecule has 22 heavy (non-hydrogen) atoms. The lowest BCUT2D eigenvalue weighted by molar-refractivity contribution is 0.262. The number of rotatable bonds is 3. The normalized spacial score (nSPS) is 17.1. The molecule has 0 amide bonds. The zero-order chi connectivity index (χ0) is 14.7. The molecule has 1 aliphatic heterocycles. The van der Waals surface area contributed by atoms with Gasteiger partial charge in [-0.15, -0.1) is 24.0 Å². The average molecular weight is 413 g/mol. The molecule has 6 nitrogen and oxygen atoms in total. The second-order valence-electron chi connectivity index (χ2n) is 5.07. The van der Waals surface area contributed by atoms with E-state index in [1.54, 1.807) is 12.5 Å². The Labute approximate surface area is 146 Å². The quantitative estimate of drug-likeness (QED) is 0.458. The maximum atomic E-state index is 6.00. The van der Waals surface area contributed by atoms with Crippen LogP contribution in [0.25, 0.3) is 0 Å². The third-order valence-corrected chi connectivity index (χ3v) is 3.61. The number of guanidine groups is 1. The number of fused-ring (bicyclic) bond motifs is 1. The highest BCUT2D eigenvalue weighted by atomic mass is 127. The van der Waals surface area contributed by atoms with Crippen molar-refractivity contribution in [3.05, 3.63) is 48.0 Å². The molecule has 7 heteroatoms. The van der Waals surface area contributed by atoms with E-state index in [-0.39, 0.29) is 30.0 Å². The summed E-state index contributed by atoms with van der Waals surface area (Å²) in [7, 11) is 1.94. The fraction of sp³-hybridized carbons (Fsp3) is 0.333. The van der Waals surface area contributed by atoms with Gasteiger partial charge in [0, 0.05) is 19.0 Å². The van der Waals surface area contributed by atoms with Crippen LogP contribution in [-0.2, 0) is 13.6 Å². The molecule has 118 valence electrons. The van der Waals surface area contributed by atoms with Crippen LogP contribution in [0.3, 0.4) is 0 Å². The molecule has 1 unspecified atom stereocenters. The van der Waals surface area contributed by atoms with Gasteiger partial charge in [-0.05, 0) is 6.07 Å². The van der Waals surface area contributed by atoms with Crippen LogP contribution in [0.1, 0.15) is 23.7 Å². The maximum absolute atomic E-state index is 6.00. The van der Waals surface area contributed by atoms with Crippen molar-refractivity contribution in [3.8, 4) is 5.75 Å². The lowest BCUT2D eigenvalue weighted by atomic mass is 10.0. The molecule has 0 spiro atoms. The van der Waals surface area contributed by atoms with Crippen LogP contribution < -0.4 is 15.8 Å². The number of hydrogen-bond donors (Lipinski definition) is 2. The van der Waals surface area contributed by atoms with Gasteiger partial charge in [-0.3, -0.25) is 0 Å². The summed E-state index contributed by atoms with van der Waals surface area (Å²) >= 11 is 0. The van der Waals surface area contributed by atoms with Crippen molar-refractivity contribution < 1.29 is 4.74 Å². The van der Waals surface area contributed by atoms with E-state index in [2.05, 4.69) is 21.4 Å². The number of para-hydroxylation sites is 1. The lowest BCUT2D eigenvalue weighted by Gasteiger charge is -2.26. The fourth-order valence-corrected chi connectivity index (χ4v) is 2.42. The summed E-state index contributed by atoms with van der Waals surface area (Å²) in [6.07, 6.45) is 4.42. The van der Waals surface area contributed by atoms with Gasteiger partial charge in [0.15, 0.2) is 5.96 Å². The van der Waals surface area contributed by atoms with E-state index in [9.17, 15) is 0 Å². The van der Waals surface area contributed by atoms with Gasteiger partial charge in [-0.1, -0.05) is 18.2 Å². The predicted octanol–water partition coefficient (Wildman–Crippen LogP) is 1.97. The van der Waals surface area contributed by atoms with E-state index >= 15 is 0 Å². The molecule has 0 saturated heterocycles. The number of hydrogen-bond acceptors (Lipinski definition) is 3. The highest BCUT2D eigenvalue weighted by molar-refractivity contribution is 14.0. The number of nitrogens with one attached hydrogen (secondary N) is 1. The molecule has 0 bridgehead atoms. The van der Waals surface area contributed by atoms with E-state index < -0.39 is 0 Å². The summed E-state index contributed by atoms with van der Waals surface area (Å²) in [4.78, 5) is 8.44. The Bertz CT molecular complexity index is 655. The summed E-state index contributed by atoms with van der Waals surface area (Å²) in [5.74, 6) is 1.36. The number of nitrogens with zero attached hydrogens (tertiary/aromatic N) is 3. The van der Waals surface area contributed by atoms with Crippen molar-refractivity contribution in [3.63, 3.8) is 0 Å². The second-order valence-corrected chi connectivity index (χ2v) is 5.07. The molecule has 0 saturated carbocycles. The van der Waals surface area contributed by atoms with Gasteiger partial charge in [0.25, 0.3) is 0 Å². The smallest absolute Gasteiger partial charge is 0.189 e. The largest absolute Gasteiger partial charge is 0.493 e. The Morgan fingerprint density at radius 1 is 1.50 bits per heavy atom. The third kappa shape index (κ3) is 3.70. The van der Waals surface area contributed by atoms with Crippen LogP contribution in [0.2, 0.25) is 0 Å². The highest BCUT2D eigenvalue weighted by Crippen LogP contribution is 2.31. The first kappa shape index (κ1) is 16.6. The number of ether oxygens (including phenoxy) is 1. The van der Waals surface area contributed by atoms with Gasteiger partial charge in [-0.25, -0.2) is 9.98 Å². The summed E-state index contributed by atoms with van der Waals surface area (Å²) in [6.45, 7) is 1.20. The van der Waals surface area contributed by atoms with E-state index in [4.69, 9.17) is 10.5 Å². The number of benzene rings is 1. The number of imidazole rings is 1. The third-order valence-electron chi connectivity index (χ3n) is 3.61. The van der Waals surface area contributed by atoms with Gasteiger partial charge in [0.05, 0.1) is 37.4 Å². The number of aliphatic imine (C=N–C) groups is 1. The first-order valence-corrected chi connectivity index (χ1v) is 6.97. The van der Waals surface area contributed by atoms with Crippen molar-refractivity contribution in [1.82, 2.24) is 14.9 Å². The molecular formula is C15H20IN5O. The zero-order valence-corrected chi connectivity index (χ0v) is 14.7. The SMILES string of the molecule is Cn1cncc1CN=C(N)NC1CCOc2ccccc21.I. The minimum Gasteiger partial charge on any atom is -0.493 e. The minimum atomic E-state index is 0. The summed E-state index contributed by atoms with van der Waals surface area (Å²) in [6, 6.07) is 8.16. The average Bonchev–Trinajstić information content (AvgIpc) is 2.91. The first-order valence-electron chi connectivity index (χ1n) is 6.97. The van der Waals surface area contributed by atoms with Crippen molar-refractivity contribution in [2.24, 2.45) is 17.8 Å². The summed E-state index contributed by atoms with van der Waals surface area (Å²) in [5.41, 5.74) is 8.14. The van der Waals surface area contributed by atoms with Crippen LogP contribution in [0, 0.1) is 0 Å². The van der Waals surface area contributed by atoms with Gasteiger partial charge in [-0.2, -0.15) is 0 Å². The van der Waals surface area contributed by atoms with Crippen molar-refractivity contribution in [2.45, 2.75) is 19.0 Å². The van der Waals surface area contributed by atoms with Gasteiger partial charge in [0.1, 0.15) is 5.75 Å². The Hall–Kier alpha value is -1.77. The molecule has 1 atom stereocenters. The van der Waals surface area contributed by atoms with Crippen LogP contribution >= 0.6 is 24.0 Å². The Morgan fingerprint density at radius 3 is 3.09 bits per heavy atom. The Kier molecular flexibility index (Phi) is 5.64. The number of aromatic nitrogens is 2. The molecule has 1 aromatic carbocycles. The maximum Gasteiger partial charge on any atom is 0.189 e. The monoisotopic (exact) mass is 413 g/mol. The van der Waals surface area contributed by atoms with Crippen LogP contribution in [0.15, 0.2) is 41.8 Å². The topological polar surface area (TPSA) is 77.5 Å².